The van der Waals surface area contributed by atoms with E-state index in [2.05, 4.69) is 12.1 Å². The molecule has 0 N–H and O–H groups in total. The Bertz CT molecular complexity index is 595. The van der Waals surface area contributed by atoms with Crippen molar-refractivity contribution in [2.45, 2.75) is 33.4 Å². The Morgan fingerprint density at radius 1 is 0.857 bits per heavy atom. The van der Waals surface area contributed by atoms with E-state index >= 15 is 0 Å². The van der Waals surface area contributed by atoms with E-state index in [-0.39, 0.29) is 0 Å². The largest absolute Gasteiger partial charge is 0.416 e. The van der Waals surface area contributed by atoms with Crippen LogP contribution in [0.5, 0.6) is 0 Å². The van der Waals surface area contributed by atoms with E-state index in [1.807, 2.05) is 35.7 Å². The number of hydrogen-bond acceptors (Lipinski definition) is 2. The minimum atomic E-state index is -4.25. The summed E-state index contributed by atoms with van der Waals surface area (Å²) in [4.78, 5) is 2.61. The van der Waals surface area contributed by atoms with E-state index in [1.165, 1.54) is 21.9 Å². The van der Waals surface area contributed by atoms with Gasteiger partial charge in [0.15, 0.2) is 0 Å². The number of aryl methyl sites for hydroxylation is 1. The average molecular weight is 326 g/mol. The van der Waals surface area contributed by atoms with Crippen LogP contribution in [0.4, 0.5) is 13.2 Å². The van der Waals surface area contributed by atoms with Gasteiger partial charge in [0.25, 0.3) is 0 Å². The molecule has 0 nitrogen and oxygen atoms in total. The third kappa shape index (κ3) is 3.58. The van der Waals surface area contributed by atoms with E-state index < -0.39 is 11.7 Å². The lowest BCUT2D eigenvalue weighted by Gasteiger charge is -2.09. The number of alkyl halides is 3. The average Bonchev–Trinajstić information content (AvgIpc) is 2.87. The predicted octanol–water partition coefficient (Wildman–Crippen LogP) is 5.86. The summed E-state index contributed by atoms with van der Waals surface area (Å²) in [6.45, 7) is 0. The molecule has 21 heavy (non-hydrogen) atoms. The minimum absolute atomic E-state index is 0.449. The number of halogens is 3. The van der Waals surface area contributed by atoms with Crippen molar-refractivity contribution >= 4 is 23.5 Å². The zero-order valence-corrected chi connectivity index (χ0v) is 12.7. The predicted molar refractivity (Wildman–Crippen MR) is 81.7 cm³/mol. The number of rotatable bonds is 3. The molecule has 0 atom stereocenters. The maximum absolute atomic E-state index is 12.5. The normalized spacial score (nSPS) is 15.2. The maximum atomic E-state index is 12.5. The first-order valence-electron chi connectivity index (χ1n) is 6.61. The molecule has 5 heteroatoms. The van der Waals surface area contributed by atoms with Gasteiger partial charge in [0.1, 0.15) is 0 Å². The highest BCUT2D eigenvalue weighted by atomic mass is 32.2. The van der Waals surface area contributed by atoms with Crippen LogP contribution in [0.15, 0.2) is 58.3 Å². The molecular weight excluding hydrogens is 313 g/mol. The molecule has 0 radical (unpaired) electrons. The number of benzene rings is 2. The molecule has 1 heterocycles. The maximum Gasteiger partial charge on any atom is 0.416 e. The molecule has 0 spiro atoms. The molecule has 2 aromatic rings. The van der Waals surface area contributed by atoms with Crippen LogP contribution < -0.4 is 0 Å². The van der Waals surface area contributed by atoms with Crippen molar-refractivity contribution in [3.63, 3.8) is 0 Å². The van der Waals surface area contributed by atoms with Crippen molar-refractivity contribution in [1.82, 2.24) is 0 Å². The summed E-state index contributed by atoms with van der Waals surface area (Å²) in [6.07, 6.45) is -2.50. The highest BCUT2D eigenvalue weighted by molar-refractivity contribution is 8.19. The van der Waals surface area contributed by atoms with Gasteiger partial charge in [-0.3, -0.25) is 0 Å². The molecule has 2 aromatic carbocycles. The van der Waals surface area contributed by atoms with Gasteiger partial charge in [-0.1, -0.05) is 24.3 Å². The smallest absolute Gasteiger partial charge is 0.166 e. The summed E-state index contributed by atoms with van der Waals surface area (Å²) in [5.74, 6) is 0. The summed E-state index contributed by atoms with van der Waals surface area (Å²) >= 11 is 3.69. The molecule has 0 unspecified atom stereocenters. The topological polar surface area (TPSA) is 0 Å². The second-order valence-corrected chi connectivity index (χ2v) is 7.63. The Morgan fingerprint density at radius 2 is 1.43 bits per heavy atom. The molecular formula is C16H13F3S2. The first-order valence-corrected chi connectivity index (χ1v) is 8.37. The molecule has 1 aliphatic rings. The van der Waals surface area contributed by atoms with Gasteiger partial charge in [-0.25, -0.2) is 0 Å². The lowest BCUT2D eigenvalue weighted by Crippen LogP contribution is -2.04. The van der Waals surface area contributed by atoms with Gasteiger partial charge in [0.2, 0.25) is 0 Å². The van der Waals surface area contributed by atoms with Crippen molar-refractivity contribution in [3.8, 4) is 0 Å². The van der Waals surface area contributed by atoms with Crippen molar-refractivity contribution in [3.05, 3.63) is 59.7 Å². The zero-order chi connectivity index (χ0) is 14.9. The van der Waals surface area contributed by atoms with E-state index in [0.717, 1.165) is 18.4 Å². The fraction of sp³-hybridized carbons (Fsp3) is 0.250. The summed E-state index contributed by atoms with van der Waals surface area (Å²) in [5, 5.41) is 0. The number of hydrogen-bond donors (Lipinski definition) is 0. The van der Waals surface area contributed by atoms with Crippen LogP contribution in [0.3, 0.4) is 0 Å². The van der Waals surface area contributed by atoms with E-state index in [1.54, 1.807) is 12.1 Å². The zero-order valence-electron chi connectivity index (χ0n) is 11.1. The Balaban J connectivity index is 1.57. The van der Waals surface area contributed by atoms with E-state index in [9.17, 15) is 13.2 Å². The van der Waals surface area contributed by atoms with Crippen molar-refractivity contribution in [2.75, 3.05) is 0 Å². The van der Waals surface area contributed by atoms with Gasteiger partial charge in [0, 0.05) is 9.79 Å². The second kappa shape index (κ2) is 5.97. The lowest BCUT2D eigenvalue weighted by atomic mass is 10.1. The van der Waals surface area contributed by atoms with Crippen LogP contribution in [0.1, 0.15) is 17.5 Å². The van der Waals surface area contributed by atoms with Crippen molar-refractivity contribution in [2.24, 2.45) is 0 Å². The van der Waals surface area contributed by atoms with E-state index in [4.69, 9.17) is 0 Å². The molecule has 0 saturated heterocycles. The summed E-state index contributed by atoms with van der Waals surface area (Å²) < 4.78 is 37.9. The van der Waals surface area contributed by atoms with Crippen LogP contribution in [-0.2, 0) is 12.6 Å². The number of thioether (sulfide) groups is 2. The van der Waals surface area contributed by atoms with Crippen LogP contribution in [0.2, 0.25) is 0 Å². The van der Waals surface area contributed by atoms with Crippen LogP contribution >= 0.6 is 23.5 Å². The monoisotopic (exact) mass is 326 g/mol. The number of fused-ring (bicyclic) bond motifs is 1. The molecule has 1 aliphatic heterocycles. The first-order chi connectivity index (χ1) is 10.0. The molecule has 3 rings (SSSR count). The summed E-state index contributed by atoms with van der Waals surface area (Å²) in [6, 6.07) is 13.8. The third-order valence-electron chi connectivity index (χ3n) is 3.32. The SMILES string of the molecule is FC(F)(F)c1ccc(CCC2Sc3ccccc3S2)cc1. The van der Waals surface area contributed by atoms with E-state index in [0.29, 0.717) is 4.58 Å². The first kappa shape index (κ1) is 14.9. The van der Waals surface area contributed by atoms with Gasteiger partial charge in [-0.05, 0) is 42.7 Å². The highest BCUT2D eigenvalue weighted by Gasteiger charge is 2.30. The molecule has 0 bridgehead atoms. The third-order valence-corrected chi connectivity index (χ3v) is 6.24. The Kier molecular flexibility index (Phi) is 4.22. The van der Waals surface area contributed by atoms with Crippen molar-refractivity contribution < 1.29 is 13.2 Å². The molecule has 0 saturated carbocycles. The summed E-state index contributed by atoms with van der Waals surface area (Å²) in [7, 11) is 0. The van der Waals surface area contributed by atoms with Crippen molar-refractivity contribution in [1.29, 1.82) is 0 Å². The van der Waals surface area contributed by atoms with Gasteiger partial charge >= 0.3 is 6.18 Å². The molecule has 110 valence electrons. The Morgan fingerprint density at radius 3 is 1.95 bits per heavy atom. The van der Waals surface area contributed by atoms with Gasteiger partial charge in [-0.2, -0.15) is 13.2 Å². The quantitative estimate of drug-likeness (QED) is 0.692. The van der Waals surface area contributed by atoms with Crippen LogP contribution in [0, 0.1) is 0 Å². The lowest BCUT2D eigenvalue weighted by molar-refractivity contribution is -0.137. The molecule has 0 amide bonds. The van der Waals surface area contributed by atoms with Gasteiger partial charge in [0.05, 0.1) is 10.1 Å². The Hall–Kier alpha value is -1.07. The van der Waals surface area contributed by atoms with Crippen LogP contribution in [0.25, 0.3) is 0 Å². The van der Waals surface area contributed by atoms with Gasteiger partial charge < -0.3 is 0 Å². The molecule has 0 fully saturated rings. The fourth-order valence-corrected chi connectivity index (χ4v) is 5.04. The van der Waals surface area contributed by atoms with Crippen LogP contribution in [-0.4, -0.2) is 4.58 Å². The molecule has 0 aliphatic carbocycles. The van der Waals surface area contributed by atoms with Gasteiger partial charge in [-0.15, -0.1) is 23.5 Å². The molecule has 0 aromatic heterocycles. The Labute approximate surface area is 130 Å². The highest BCUT2D eigenvalue weighted by Crippen LogP contribution is 2.49. The summed E-state index contributed by atoms with van der Waals surface area (Å²) in [5.41, 5.74) is 0.378. The second-order valence-electron chi connectivity index (χ2n) is 4.85. The minimum Gasteiger partial charge on any atom is -0.166 e. The fourth-order valence-electron chi connectivity index (χ4n) is 2.21. The standard InChI is InChI=1S/C16H13F3S2/c17-16(18,19)12-8-5-11(6-9-12)7-10-15-20-13-3-1-2-4-14(13)21-15/h1-6,8-9,15H,7,10H2.